The Morgan fingerprint density at radius 2 is 2.29 bits per heavy atom. The van der Waals surface area contributed by atoms with E-state index in [1.54, 1.807) is 6.07 Å². The Morgan fingerprint density at radius 3 is 3.00 bits per heavy atom. The number of hydrogen-bond acceptors (Lipinski definition) is 1. The Balaban J connectivity index is 2.74. The first-order valence-electron chi connectivity index (χ1n) is 4.36. The van der Waals surface area contributed by atoms with Gasteiger partial charge in [-0.3, -0.25) is 0 Å². The van der Waals surface area contributed by atoms with Crippen molar-refractivity contribution < 1.29 is 4.39 Å². The molecular formula is C11H9FN2. The summed E-state index contributed by atoms with van der Waals surface area (Å²) in [5.41, 5.74) is 2.71. The molecule has 14 heavy (non-hydrogen) atoms. The van der Waals surface area contributed by atoms with Gasteiger partial charge in [0.25, 0.3) is 0 Å². The highest BCUT2D eigenvalue weighted by atomic mass is 19.1. The number of halogens is 1. The number of fused-ring (bicyclic) bond motifs is 1. The maximum atomic E-state index is 13.0. The number of aromatic amines is 1. The average Bonchev–Trinajstić information content (AvgIpc) is 2.45. The summed E-state index contributed by atoms with van der Waals surface area (Å²) in [5, 5.41) is 9.44. The average molecular weight is 188 g/mol. The molecule has 2 rings (SSSR count). The lowest BCUT2D eigenvalue weighted by Gasteiger charge is -1.93. The van der Waals surface area contributed by atoms with Gasteiger partial charge in [-0.25, -0.2) is 4.39 Å². The van der Waals surface area contributed by atoms with Crippen molar-refractivity contribution in [3.8, 4) is 6.07 Å². The second-order valence-electron chi connectivity index (χ2n) is 3.25. The number of aryl methyl sites for hydroxylation is 1. The summed E-state index contributed by atoms with van der Waals surface area (Å²) in [7, 11) is 0. The summed E-state index contributed by atoms with van der Waals surface area (Å²) in [6.07, 6.45) is 0.315. The van der Waals surface area contributed by atoms with Crippen molar-refractivity contribution in [2.45, 2.75) is 13.3 Å². The molecule has 0 aliphatic carbocycles. The van der Waals surface area contributed by atoms with Gasteiger partial charge in [0, 0.05) is 16.6 Å². The smallest absolute Gasteiger partial charge is 0.123 e. The number of nitriles is 1. The van der Waals surface area contributed by atoms with Gasteiger partial charge in [0.05, 0.1) is 12.5 Å². The molecule has 1 N–H and O–H groups in total. The summed E-state index contributed by atoms with van der Waals surface area (Å²) in [5.74, 6) is -0.268. The molecule has 0 unspecified atom stereocenters. The van der Waals surface area contributed by atoms with E-state index in [1.807, 2.05) is 6.92 Å². The normalized spacial score (nSPS) is 10.4. The summed E-state index contributed by atoms with van der Waals surface area (Å²) >= 11 is 0. The van der Waals surface area contributed by atoms with Crippen molar-refractivity contribution in [3.05, 3.63) is 35.3 Å². The van der Waals surface area contributed by atoms with Gasteiger partial charge in [-0.15, -0.1) is 0 Å². The number of hydrogen-bond donors (Lipinski definition) is 1. The molecule has 0 atom stereocenters. The van der Waals surface area contributed by atoms with E-state index in [-0.39, 0.29) is 5.82 Å². The molecule has 0 amide bonds. The molecular weight excluding hydrogens is 179 g/mol. The molecule has 1 aromatic carbocycles. The fourth-order valence-corrected chi connectivity index (χ4v) is 1.66. The Hall–Kier alpha value is -1.82. The van der Waals surface area contributed by atoms with Crippen LogP contribution in [-0.4, -0.2) is 4.98 Å². The molecule has 0 radical (unpaired) electrons. The minimum atomic E-state index is -0.268. The van der Waals surface area contributed by atoms with Gasteiger partial charge in [-0.1, -0.05) is 0 Å². The van der Waals surface area contributed by atoms with Crippen LogP contribution in [0.4, 0.5) is 4.39 Å². The monoisotopic (exact) mass is 188 g/mol. The molecule has 0 aliphatic heterocycles. The Bertz CT molecular complexity index is 520. The molecule has 1 aromatic heterocycles. The molecule has 0 aliphatic rings. The van der Waals surface area contributed by atoms with Crippen LogP contribution in [0, 0.1) is 24.1 Å². The van der Waals surface area contributed by atoms with Crippen molar-refractivity contribution in [1.82, 2.24) is 4.98 Å². The van der Waals surface area contributed by atoms with E-state index in [0.29, 0.717) is 6.42 Å². The van der Waals surface area contributed by atoms with Crippen LogP contribution >= 0.6 is 0 Å². The SMILES string of the molecule is Cc1[nH]c2ccc(F)cc2c1CC#N. The first kappa shape index (κ1) is 8.76. The number of nitrogens with one attached hydrogen (secondary N) is 1. The first-order chi connectivity index (χ1) is 6.72. The zero-order valence-corrected chi connectivity index (χ0v) is 7.76. The van der Waals surface area contributed by atoms with Crippen molar-refractivity contribution >= 4 is 10.9 Å². The summed E-state index contributed by atoms with van der Waals surface area (Å²) in [6, 6.07) is 6.65. The second kappa shape index (κ2) is 3.15. The predicted molar refractivity (Wildman–Crippen MR) is 52.3 cm³/mol. The van der Waals surface area contributed by atoms with Gasteiger partial charge in [-0.05, 0) is 30.7 Å². The fraction of sp³-hybridized carbons (Fsp3) is 0.182. The van der Waals surface area contributed by atoms with Crippen molar-refractivity contribution in [2.75, 3.05) is 0 Å². The van der Waals surface area contributed by atoms with E-state index in [2.05, 4.69) is 11.1 Å². The lowest BCUT2D eigenvalue weighted by atomic mass is 10.1. The van der Waals surface area contributed by atoms with E-state index in [4.69, 9.17) is 5.26 Å². The van der Waals surface area contributed by atoms with Crippen LogP contribution in [0.15, 0.2) is 18.2 Å². The summed E-state index contributed by atoms with van der Waals surface area (Å²) in [6.45, 7) is 1.89. The predicted octanol–water partition coefficient (Wildman–Crippen LogP) is 2.68. The number of aromatic nitrogens is 1. The van der Waals surface area contributed by atoms with Crippen LogP contribution in [0.3, 0.4) is 0 Å². The zero-order chi connectivity index (χ0) is 10.1. The fourth-order valence-electron chi connectivity index (χ4n) is 1.66. The lowest BCUT2D eigenvalue weighted by Crippen LogP contribution is -1.82. The number of benzene rings is 1. The van der Waals surface area contributed by atoms with Crippen LogP contribution in [0.25, 0.3) is 10.9 Å². The van der Waals surface area contributed by atoms with Crippen LogP contribution in [0.5, 0.6) is 0 Å². The standard InChI is InChI=1S/C11H9FN2/c1-7-9(4-5-13)10-6-8(12)2-3-11(10)14-7/h2-3,6,14H,4H2,1H3. The highest BCUT2D eigenvalue weighted by molar-refractivity contribution is 5.84. The highest BCUT2D eigenvalue weighted by Crippen LogP contribution is 2.23. The third kappa shape index (κ3) is 1.25. The molecule has 1 heterocycles. The molecule has 3 heteroatoms. The summed E-state index contributed by atoms with van der Waals surface area (Å²) < 4.78 is 13.0. The third-order valence-corrected chi connectivity index (χ3v) is 2.34. The maximum absolute atomic E-state index is 13.0. The largest absolute Gasteiger partial charge is 0.358 e. The molecule has 0 saturated carbocycles. The first-order valence-corrected chi connectivity index (χ1v) is 4.36. The van der Waals surface area contributed by atoms with Gasteiger partial charge >= 0.3 is 0 Å². The van der Waals surface area contributed by atoms with Gasteiger partial charge < -0.3 is 4.98 Å². The van der Waals surface area contributed by atoms with E-state index in [1.165, 1.54) is 12.1 Å². The molecule has 0 fully saturated rings. The third-order valence-electron chi connectivity index (χ3n) is 2.34. The lowest BCUT2D eigenvalue weighted by molar-refractivity contribution is 0.629. The topological polar surface area (TPSA) is 39.6 Å². The van der Waals surface area contributed by atoms with Crippen LogP contribution in [0.1, 0.15) is 11.3 Å². The summed E-state index contributed by atoms with van der Waals surface area (Å²) in [4.78, 5) is 3.12. The van der Waals surface area contributed by atoms with E-state index in [0.717, 1.165) is 22.2 Å². The molecule has 70 valence electrons. The second-order valence-corrected chi connectivity index (χ2v) is 3.25. The van der Waals surface area contributed by atoms with E-state index >= 15 is 0 Å². The van der Waals surface area contributed by atoms with Crippen LogP contribution in [-0.2, 0) is 6.42 Å². The highest BCUT2D eigenvalue weighted by Gasteiger charge is 2.08. The van der Waals surface area contributed by atoms with Crippen LogP contribution < -0.4 is 0 Å². The molecule has 0 bridgehead atoms. The Labute approximate surface area is 81.0 Å². The van der Waals surface area contributed by atoms with Gasteiger partial charge in [-0.2, -0.15) is 5.26 Å². The van der Waals surface area contributed by atoms with E-state index < -0.39 is 0 Å². The minimum absolute atomic E-state index is 0.268. The Morgan fingerprint density at radius 1 is 1.50 bits per heavy atom. The molecule has 2 aromatic rings. The van der Waals surface area contributed by atoms with Gasteiger partial charge in [0.2, 0.25) is 0 Å². The van der Waals surface area contributed by atoms with Crippen LogP contribution in [0.2, 0.25) is 0 Å². The van der Waals surface area contributed by atoms with Gasteiger partial charge in [0.15, 0.2) is 0 Å². The number of H-pyrrole nitrogens is 1. The van der Waals surface area contributed by atoms with Crippen molar-refractivity contribution in [2.24, 2.45) is 0 Å². The molecule has 0 spiro atoms. The Kier molecular flexibility index (Phi) is 1.97. The maximum Gasteiger partial charge on any atom is 0.123 e. The molecule has 0 saturated heterocycles. The minimum Gasteiger partial charge on any atom is -0.358 e. The van der Waals surface area contributed by atoms with Crippen molar-refractivity contribution in [1.29, 1.82) is 5.26 Å². The van der Waals surface area contributed by atoms with Gasteiger partial charge in [0.1, 0.15) is 5.82 Å². The number of nitrogens with zero attached hydrogens (tertiary/aromatic N) is 1. The molecule has 2 nitrogen and oxygen atoms in total. The zero-order valence-electron chi connectivity index (χ0n) is 7.76. The quantitative estimate of drug-likeness (QED) is 0.734. The number of rotatable bonds is 1. The van der Waals surface area contributed by atoms with E-state index in [9.17, 15) is 4.39 Å². The van der Waals surface area contributed by atoms with Crippen molar-refractivity contribution in [3.63, 3.8) is 0 Å².